The van der Waals surface area contributed by atoms with Gasteiger partial charge in [0.1, 0.15) is 17.3 Å². The van der Waals surface area contributed by atoms with Crippen LogP contribution in [0.25, 0.3) is 0 Å². The summed E-state index contributed by atoms with van der Waals surface area (Å²) in [4.78, 5) is 23.9. The highest BCUT2D eigenvalue weighted by Crippen LogP contribution is 2.29. The van der Waals surface area contributed by atoms with Gasteiger partial charge in [0.15, 0.2) is 18.1 Å². The number of carbonyl (C=O) groups excluding carboxylic acids is 2. The predicted octanol–water partition coefficient (Wildman–Crippen LogP) is 3.56. The fraction of sp³-hybridized carbons (Fsp3) is 0.263. The Kier molecular flexibility index (Phi) is 6.70. The summed E-state index contributed by atoms with van der Waals surface area (Å²) in [5.74, 6) is -2.75. The zero-order chi connectivity index (χ0) is 20.0. The predicted molar refractivity (Wildman–Crippen MR) is 94.0 cm³/mol. The summed E-state index contributed by atoms with van der Waals surface area (Å²) < 4.78 is 42.6. The molecule has 0 unspecified atom stereocenters. The van der Waals surface area contributed by atoms with Gasteiger partial charge in [-0.15, -0.1) is 0 Å². The van der Waals surface area contributed by atoms with E-state index in [4.69, 9.17) is 14.2 Å². The lowest BCUT2D eigenvalue weighted by atomic mass is 10.2. The number of anilines is 1. The molecule has 0 bridgehead atoms. The zero-order valence-electron chi connectivity index (χ0n) is 15.0. The lowest BCUT2D eigenvalue weighted by molar-refractivity contribution is -0.119. The van der Waals surface area contributed by atoms with Crippen molar-refractivity contribution in [2.24, 2.45) is 0 Å². The van der Waals surface area contributed by atoms with Crippen LogP contribution in [-0.2, 0) is 9.53 Å². The molecule has 144 valence electrons. The molecule has 1 amide bonds. The molecule has 8 heteroatoms. The Morgan fingerprint density at radius 3 is 2.33 bits per heavy atom. The number of halogens is 2. The summed E-state index contributed by atoms with van der Waals surface area (Å²) in [5, 5.41) is 2.03. The largest absolute Gasteiger partial charge is 0.493 e. The van der Waals surface area contributed by atoms with Gasteiger partial charge in [-0.05, 0) is 44.2 Å². The summed E-state index contributed by atoms with van der Waals surface area (Å²) in [6, 6.07) is 7.58. The molecule has 1 N–H and O–H groups in total. The van der Waals surface area contributed by atoms with Crippen LogP contribution in [0.2, 0.25) is 0 Å². The number of hydrogen-bond donors (Lipinski definition) is 1. The molecule has 0 aromatic heterocycles. The lowest BCUT2D eigenvalue weighted by Gasteiger charge is -2.14. The lowest BCUT2D eigenvalue weighted by Crippen LogP contribution is -2.22. The second kappa shape index (κ2) is 8.98. The van der Waals surface area contributed by atoms with Gasteiger partial charge < -0.3 is 19.5 Å². The van der Waals surface area contributed by atoms with Crippen molar-refractivity contribution in [3.63, 3.8) is 0 Å². The molecule has 6 nitrogen and oxygen atoms in total. The Morgan fingerprint density at radius 1 is 1.07 bits per heavy atom. The molecule has 0 spiro atoms. The van der Waals surface area contributed by atoms with E-state index in [-0.39, 0.29) is 11.7 Å². The maximum Gasteiger partial charge on any atom is 0.338 e. The third kappa shape index (κ3) is 5.40. The van der Waals surface area contributed by atoms with E-state index in [0.29, 0.717) is 11.5 Å². The number of rotatable bonds is 7. The van der Waals surface area contributed by atoms with Crippen LogP contribution in [-0.4, -0.2) is 31.7 Å². The van der Waals surface area contributed by atoms with E-state index in [2.05, 4.69) is 0 Å². The van der Waals surface area contributed by atoms with Gasteiger partial charge in [0.25, 0.3) is 5.91 Å². The molecule has 0 aliphatic heterocycles. The van der Waals surface area contributed by atoms with Crippen LogP contribution in [0.1, 0.15) is 24.2 Å². The highest BCUT2D eigenvalue weighted by Gasteiger charge is 2.16. The van der Waals surface area contributed by atoms with E-state index in [1.54, 1.807) is 6.07 Å². The van der Waals surface area contributed by atoms with Crippen molar-refractivity contribution in [1.29, 1.82) is 0 Å². The van der Waals surface area contributed by atoms with Crippen molar-refractivity contribution in [2.45, 2.75) is 20.0 Å². The number of esters is 1. The minimum Gasteiger partial charge on any atom is -0.493 e. The first-order valence-electron chi connectivity index (χ1n) is 8.07. The Labute approximate surface area is 155 Å². The van der Waals surface area contributed by atoms with Crippen LogP contribution >= 0.6 is 0 Å². The van der Waals surface area contributed by atoms with Gasteiger partial charge in [-0.3, -0.25) is 4.79 Å². The van der Waals surface area contributed by atoms with Crippen LogP contribution < -0.4 is 14.8 Å². The molecule has 2 rings (SSSR count). The van der Waals surface area contributed by atoms with Crippen LogP contribution in [0.3, 0.4) is 0 Å². The van der Waals surface area contributed by atoms with E-state index in [9.17, 15) is 18.4 Å². The molecular weight excluding hydrogens is 360 g/mol. The quantitative estimate of drug-likeness (QED) is 0.745. The Bertz CT molecular complexity index is 819. The van der Waals surface area contributed by atoms with Crippen molar-refractivity contribution in [3.05, 3.63) is 53.6 Å². The third-order valence-electron chi connectivity index (χ3n) is 3.32. The first-order valence-corrected chi connectivity index (χ1v) is 8.07. The van der Waals surface area contributed by atoms with E-state index in [1.165, 1.54) is 25.3 Å². The summed E-state index contributed by atoms with van der Waals surface area (Å²) in [6.45, 7) is 2.98. The number of hydrogen-bond acceptors (Lipinski definition) is 5. The van der Waals surface area contributed by atoms with Crippen molar-refractivity contribution in [2.75, 3.05) is 19.0 Å². The van der Waals surface area contributed by atoms with Gasteiger partial charge in [-0.2, -0.15) is 0 Å². The smallest absolute Gasteiger partial charge is 0.338 e. The summed E-state index contributed by atoms with van der Waals surface area (Å²) in [5.41, 5.74) is -0.469. The van der Waals surface area contributed by atoms with Crippen molar-refractivity contribution in [3.8, 4) is 11.5 Å². The van der Waals surface area contributed by atoms with Gasteiger partial charge in [-0.1, -0.05) is 6.07 Å². The number of nitrogens with one attached hydrogen (secondary N) is 1. The highest BCUT2D eigenvalue weighted by atomic mass is 19.1. The van der Waals surface area contributed by atoms with Crippen molar-refractivity contribution in [1.82, 2.24) is 0 Å². The number of methoxy groups -OCH3 is 1. The number of benzene rings is 2. The Balaban J connectivity index is 2.00. The molecular formula is C19H19F2NO5. The molecule has 0 aliphatic carbocycles. The van der Waals surface area contributed by atoms with Gasteiger partial charge in [-0.25, -0.2) is 13.6 Å². The van der Waals surface area contributed by atoms with Gasteiger partial charge in [0.2, 0.25) is 0 Å². The highest BCUT2D eigenvalue weighted by molar-refractivity contribution is 5.95. The molecule has 0 fully saturated rings. The normalized spacial score (nSPS) is 10.4. The minimum absolute atomic E-state index is 0.0841. The fourth-order valence-corrected chi connectivity index (χ4v) is 2.15. The minimum atomic E-state index is -0.930. The monoisotopic (exact) mass is 379 g/mol. The standard InChI is InChI=1S/C19H19F2NO5/c1-11(2)27-15-8-7-12(9-16(15)25-3)19(24)26-10-17(23)22-18-13(20)5-4-6-14(18)21/h4-9,11H,10H2,1-3H3,(H,22,23). The molecule has 27 heavy (non-hydrogen) atoms. The average Bonchev–Trinajstić information content (AvgIpc) is 2.62. The summed E-state index contributed by atoms with van der Waals surface area (Å²) in [7, 11) is 1.42. The van der Waals surface area contributed by atoms with E-state index >= 15 is 0 Å². The zero-order valence-corrected chi connectivity index (χ0v) is 15.0. The van der Waals surface area contributed by atoms with Crippen LogP contribution in [0.15, 0.2) is 36.4 Å². The molecule has 2 aromatic rings. The molecule has 2 aromatic carbocycles. The van der Waals surface area contributed by atoms with E-state index in [0.717, 1.165) is 12.1 Å². The van der Waals surface area contributed by atoms with E-state index in [1.807, 2.05) is 19.2 Å². The molecule has 0 saturated carbocycles. The molecule has 0 saturated heterocycles. The maximum atomic E-state index is 13.5. The Hall–Kier alpha value is -3.16. The molecule has 0 heterocycles. The van der Waals surface area contributed by atoms with Crippen molar-refractivity contribution < 1.29 is 32.6 Å². The third-order valence-corrected chi connectivity index (χ3v) is 3.32. The Morgan fingerprint density at radius 2 is 1.74 bits per heavy atom. The second-order valence-corrected chi connectivity index (χ2v) is 5.75. The SMILES string of the molecule is COc1cc(C(=O)OCC(=O)Nc2c(F)cccc2F)ccc1OC(C)C. The second-order valence-electron chi connectivity index (χ2n) is 5.75. The van der Waals surface area contributed by atoms with Crippen LogP contribution in [0.4, 0.5) is 14.5 Å². The van der Waals surface area contributed by atoms with Crippen molar-refractivity contribution >= 4 is 17.6 Å². The average molecular weight is 379 g/mol. The molecule has 0 radical (unpaired) electrons. The molecule has 0 aliphatic rings. The van der Waals surface area contributed by atoms with Gasteiger partial charge in [0, 0.05) is 0 Å². The fourth-order valence-electron chi connectivity index (χ4n) is 2.15. The molecule has 0 atom stereocenters. The first kappa shape index (κ1) is 20.2. The summed E-state index contributed by atoms with van der Waals surface area (Å²) in [6.07, 6.45) is -0.0841. The van der Waals surface area contributed by atoms with Crippen LogP contribution in [0.5, 0.6) is 11.5 Å². The topological polar surface area (TPSA) is 73.9 Å². The first-order chi connectivity index (χ1) is 12.8. The number of carbonyl (C=O) groups is 2. The number of ether oxygens (including phenoxy) is 3. The number of para-hydroxylation sites is 1. The van der Waals surface area contributed by atoms with Gasteiger partial charge in [0.05, 0.1) is 18.8 Å². The van der Waals surface area contributed by atoms with E-state index < -0.39 is 35.8 Å². The van der Waals surface area contributed by atoms with Crippen LogP contribution in [0, 0.1) is 11.6 Å². The maximum absolute atomic E-state index is 13.5. The van der Waals surface area contributed by atoms with Gasteiger partial charge >= 0.3 is 5.97 Å². The summed E-state index contributed by atoms with van der Waals surface area (Å²) >= 11 is 0. The number of amides is 1.